The van der Waals surface area contributed by atoms with Crippen LogP contribution in [0.2, 0.25) is 0 Å². The highest BCUT2D eigenvalue weighted by atomic mass is 19.2. The lowest BCUT2D eigenvalue weighted by Crippen LogP contribution is -2.39. The van der Waals surface area contributed by atoms with Crippen molar-refractivity contribution in [3.05, 3.63) is 65.5 Å². The van der Waals surface area contributed by atoms with Crippen molar-refractivity contribution in [2.75, 3.05) is 25.0 Å². The minimum Gasteiger partial charge on any atom is -0.445 e. The summed E-state index contributed by atoms with van der Waals surface area (Å²) in [7, 11) is 0. The van der Waals surface area contributed by atoms with E-state index < -0.39 is 35.1 Å². The number of alkyl carbamates (subject to hydrolysis) is 1. The topological polar surface area (TPSA) is 87.7 Å². The summed E-state index contributed by atoms with van der Waals surface area (Å²) in [6, 6.07) is 10.8. The van der Waals surface area contributed by atoms with Gasteiger partial charge in [0, 0.05) is 19.5 Å². The Balaban J connectivity index is 1.75. The molecule has 0 aliphatic carbocycles. The van der Waals surface area contributed by atoms with Crippen LogP contribution in [0.5, 0.6) is 0 Å². The lowest BCUT2D eigenvalue weighted by atomic mass is 10.2. The molecule has 178 valence electrons. The Hall–Kier alpha value is -3.56. The number of hydrogen-bond donors (Lipinski definition) is 2. The predicted octanol–water partition coefficient (Wildman–Crippen LogP) is 3.99. The lowest BCUT2D eigenvalue weighted by Gasteiger charge is -2.22. The number of anilines is 1. The van der Waals surface area contributed by atoms with Gasteiger partial charge in [0.15, 0.2) is 17.5 Å². The average Bonchev–Trinajstić information content (AvgIpc) is 2.81. The van der Waals surface area contributed by atoms with Crippen molar-refractivity contribution in [1.82, 2.24) is 10.2 Å². The van der Waals surface area contributed by atoms with Gasteiger partial charge in [-0.05, 0) is 30.5 Å². The van der Waals surface area contributed by atoms with Crippen LogP contribution in [0, 0.1) is 17.5 Å². The van der Waals surface area contributed by atoms with E-state index in [4.69, 9.17) is 4.74 Å². The van der Waals surface area contributed by atoms with Gasteiger partial charge in [-0.15, -0.1) is 0 Å². The number of carbonyl (C=O) groups excluding carboxylic acids is 3. The van der Waals surface area contributed by atoms with Crippen molar-refractivity contribution in [2.24, 2.45) is 0 Å². The van der Waals surface area contributed by atoms with Gasteiger partial charge in [-0.25, -0.2) is 18.0 Å². The molecule has 0 aliphatic heterocycles. The minimum atomic E-state index is -1.69. The van der Waals surface area contributed by atoms with E-state index >= 15 is 0 Å². The van der Waals surface area contributed by atoms with Gasteiger partial charge < -0.3 is 20.3 Å². The van der Waals surface area contributed by atoms with Crippen LogP contribution in [-0.4, -0.2) is 42.4 Å². The van der Waals surface area contributed by atoms with Crippen LogP contribution in [0.4, 0.5) is 23.7 Å². The average molecular weight is 465 g/mol. The zero-order chi connectivity index (χ0) is 24.2. The molecule has 0 spiro atoms. The van der Waals surface area contributed by atoms with Crippen LogP contribution in [-0.2, 0) is 20.9 Å². The van der Waals surface area contributed by atoms with E-state index in [-0.39, 0.29) is 38.6 Å². The summed E-state index contributed by atoms with van der Waals surface area (Å²) < 4.78 is 45.1. The van der Waals surface area contributed by atoms with Gasteiger partial charge in [0.2, 0.25) is 11.8 Å². The van der Waals surface area contributed by atoms with Gasteiger partial charge in [0.1, 0.15) is 6.61 Å². The summed E-state index contributed by atoms with van der Waals surface area (Å²) in [5.74, 6) is -5.65. The summed E-state index contributed by atoms with van der Waals surface area (Å²) in [4.78, 5) is 37.7. The van der Waals surface area contributed by atoms with Crippen LogP contribution in [0.25, 0.3) is 0 Å². The number of nitrogens with zero attached hydrogens (tertiary/aromatic N) is 1. The van der Waals surface area contributed by atoms with E-state index in [0.717, 1.165) is 11.6 Å². The van der Waals surface area contributed by atoms with E-state index in [2.05, 4.69) is 10.6 Å². The molecule has 0 saturated heterocycles. The molecule has 10 heteroatoms. The first-order valence-corrected chi connectivity index (χ1v) is 10.5. The lowest BCUT2D eigenvalue weighted by molar-refractivity contribution is -0.134. The molecule has 3 amide bonds. The van der Waals surface area contributed by atoms with Crippen LogP contribution >= 0.6 is 0 Å². The summed E-state index contributed by atoms with van der Waals surface area (Å²) in [6.45, 7) is 2.04. The monoisotopic (exact) mass is 465 g/mol. The maximum absolute atomic E-state index is 13.7. The van der Waals surface area contributed by atoms with Gasteiger partial charge >= 0.3 is 6.09 Å². The SMILES string of the molecule is CCCN(CC(=O)Nc1ccc(F)c(F)c1F)C(=O)CCCNC(=O)OCc1ccccc1. The smallest absolute Gasteiger partial charge is 0.407 e. The van der Waals surface area contributed by atoms with Crippen molar-refractivity contribution in [3.8, 4) is 0 Å². The van der Waals surface area contributed by atoms with Crippen LogP contribution < -0.4 is 10.6 Å². The second kappa shape index (κ2) is 13.1. The quantitative estimate of drug-likeness (QED) is 0.388. The highest BCUT2D eigenvalue weighted by Gasteiger charge is 2.19. The Bertz CT molecular complexity index is 957. The molecule has 33 heavy (non-hydrogen) atoms. The van der Waals surface area contributed by atoms with Crippen LogP contribution in [0.1, 0.15) is 31.7 Å². The molecule has 0 aliphatic rings. The number of carbonyl (C=O) groups is 3. The maximum Gasteiger partial charge on any atom is 0.407 e. The largest absolute Gasteiger partial charge is 0.445 e. The third-order valence-corrected chi connectivity index (χ3v) is 4.54. The Morgan fingerprint density at radius 1 is 1.00 bits per heavy atom. The zero-order valence-corrected chi connectivity index (χ0v) is 18.2. The Kier molecular flexibility index (Phi) is 10.2. The molecule has 0 saturated carbocycles. The first-order valence-electron chi connectivity index (χ1n) is 10.5. The van der Waals surface area contributed by atoms with Gasteiger partial charge in [-0.3, -0.25) is 9.59 Å². The van der Waals surface area contributed by atoms with E-state index in [0.29, 0.717) is 18.9 Å². The first-order chi connectivity index (χ1) is 15.8. The van der Waals surface area contributed by atoms with Crippen LogP contribution in [0.3, 0.4) is 0 Å². The van der Waals surface area contributed by atoms with Crippen molar-refractivity contribution in [2.45, 2.75) is 32.8 Å². The number of rotatable bonds is 11. The third kappa shape index (κ3) is 8.47. The fourth-order valence-corrected chi connectivity index (χ4v) is 2.91. The summed E-state index contributed by atoms with van der Waals surface area (Å²) >= 11 is 0. The first kappa shape index (κ1) is 25.7. The normalized spacial score (nSPS) is 10.4. The molecule has 2 aromatic carbocycles. The van der Waals surface area contributed by atoms with Crippen molar-refractivity contribution in [3.63, 3.8) is 0 Å². The third-order valence-electron chi connectivity index (χ3n) is 4.54. The summed E-state index contributed by atoms with van der Waals surface area (Å²) in [5, 5.41) is 4.69. The summed E-state index contributed by atoms with van der Waals surface area (Å²) in [6.07, 6.45) is 0.345. The van der Waals surface area contributed by atoms with Gasteiger partial charge in [0.25, 0.3) is 0 Å². The van der Waals surface area contributed by atoms with E-state index in [1.807, 2.05) is 37.3 Å². The molecule has 7 nitrogen and oxygen atoms in total. The highest BCUT2D eigenvalue weighted by molar-refractivity contribution is 5.94. The molecule has 0 unspecified atom stereocenters. The summed E-state index contributed by atoms with van der Waals surface area (Å²) in [5.41, 5.74) is 0.334. The molecule has 0 radical (unpaired) electrons. The second-order valence-electron chi connectivity index (χ2n) is 7.18. The van der Waals surface area contributed by atoms with E-state index in [1.54, 1.807) is 0 Å². The molecular formula is C23H26F3N3O4. The zero-order valence-electron chi connectivity index (χ0n) is 18.2. The Morgan fingerprint density at radius 2 is 1.73 bits per heavy atom. The number of benzene rings is 2. The molecule has 2 N–H and O–H groups in total. The van der Waals surface area contributed by atoms with Gasteiger partial charge in [-0.1, -0.05) is 37.3 Å². The van der Waals surface area contributed by atoms with Gasteiger partial charge in [0.05, 0.1) is 12.2 Å². The predicted molar refractivity (Wildman–Crippen MR) is 116 cm³/mol. The molecule has 2 aromatic rings. The fourth-order valence-electron chi connectivity index (χ4n) is 2.91. The number of halogens is 3. The maximum atomic E-state index is 13.7. The van der Waals surface area contributed by atoms with Crippen LogP contribution in [0.15, 0.2) is 42.5 Å². The number of amides is 3. The number of ether oxygens (including phenoxy) is 1. The molecule has 0 fully saturated rings. The van der Waals surface area contributed by atoms with E-state index in [9.17, 15) is 27.6 Å². The van der Waals surface area contributed by atoms with Crippen molar-refractivity contribution >= 4 is 23.6 Å². The molecule has 0 aromatic heterocycles. The Labute approximate surface area is 189 Å². The van der Waals surface area contributed by atoms with E-state index in [1.165, 1.54) is 4.90 Å². The standard InChI is InChI=1S/C23H26F3N3O4/c1-2-13-29(14-19(30)28-18-11-10-17(24)21(25)22(18)26)20(31)9-6-12-27-23(32)33-15-16-7-4-3-5-8-16/h3-5,7-8,10-11H,2,6,9,12-15H2,1H3,(H,27,32)(H,28,30). The molecule has 2 rings (SSSR count). The van der Waals surface area contributed by atoms with Gasteiger partial charge in [-0.2, -0.15) is 0 Å². The van der Waals surface area contributed by atoms with Crippen molar-refractivity contribution in [1.29, 1.82) is 0 Å². The number of nitrogens with one attached hydrogen (secondary N) is 2. The Morgan fingerprint density at radius 3 is 2.42 bits per heavy atom. The fraction of sp³-hybridized carbons (Fsp3) is 0.348. The molecule has 0 heterocycles. The minimum absolute atomic E-state index is 0.0613. The molecular weight excluding hydrogens is 439 g/mol. The van der Waals surface area contributed by atoms with Crippen molar-refractivity contribution < 1.29 is 32.3 Å². The number of hydrogen-bond acceptors (Lipinski definition) is 4. The highest BCUT2D eigenvalue weighted by Crippen LogP contribution is 2.19. The molecule has 0 bridgehead atoms. The second-order valence-corrected chi connectivity index (χ2v) is 7.18. The molecule has 0 atom stereocenters.